The fraction of sp³-hybridized carbons (Fsp3) is 0.235. The van der Waals surface area contributed by atoms with E-state index in [9.17, 15) is 4.79 Å². The summed E-state index contributed by atoms with van der Waals surface area (Å²) in [7, 11) is 0. The molecule has 11 heteroatoms. The number of hydrogen-bond donors (Lipinski definition) is 4. The standard InChI is InChI=1S/C17H20N8OS2/c18-15(19)25-17-23-13(10-28-17)9-27-5-4-21-16-22-8-12(14(26)24-16)6-11-2-1-3-20-7-11/h1-3,7-8,10H,4-6,9H2,(H4,18,19,23,25)(H2,21,22,24,26). The normalized spacial score (nSPS) is 10.6. The number of nitrogens with two attached hydrogens (primary N) is 2. The predicted octanol–water partition coefficient (Wildman–Crippen LogP) is 1.46. The quantitative estimate of drug-likeness (QED) is 0.233. The van der Waals surface area contributed by atoms with Crippen LogP contribution in [0.25, 0.3) is 0 Å². The zero-order valence-electron chi connectivity index (χ0n) is 15.0. The molecular weight excluding hydrogens is 396 g/mol. The lowest BCUT2D eigenvalue weighted by atomic mass is 10.1. The maximum atomic E-state index is 12.2. The third kappa shape index (κ3) is 6.06. The van der Waals surface area contributed by atoms with Crippen molar-refractivity contribution in [3.8, 4) is 0 Å². The number of hydrogen-bond acceptors (Lipinski definition) is 8. The van der Waals surface area contributed by atoms with Gasteiger partial charge < -0.3 is 16.8 Å². The second-order valence-corrected chi connectivity index (χ2v) is 7.70. The monoisotopic (exact) mass is 416 g/mol. The van der Waals surface area contributed by atoms with Gasteiger partial charge in [-0.25, -0.2) is 9.97 Å². The lowest BCUT2D eigenvalue weighted by Crippen LogP contribution is -2.21. The minimum Gasteiger partial charge on any atom is -0.370 e. The largest absolute Gasteiger partial charge is 0.370 e. The summed E-state index contributed by atoms with van der Waals surface area (Å²) in [5.74, 6) is 2.05. The molecule has 28 heavy (non-hydrogen) atoms. The van der Waals surface area contributed by atoms with Crippen LogP contribution in [0.5, 0.6) is 0 Å². The van der Waals surface area contributed by atoms with E-state index in [1.807, 2.05) is 17.5 Å². The Morgan fingerprint density at radius 2 is 2.25 bits per heavy atom. The van der Waals surface area contributed by atoms with E-state index in [1.54, 1.807) is 30.4 Å². The van der Waals surface area contributed by atoms with Crippen LogP contribution in [0.4, 0.5) is 11.1 Å². The molecule has 0 aliphatic heterocycles. The maximum Gasteiger partial charge on any atom is 0.255 e. The van der Waals surface area contributed by atoms with E-state index < -0.39 is 0 Å². The molecule has 3 aromatic rings. The second-order valence-electron chi connectivity index (χ2n) is 5.76. The summed E-state index contributed by atoms with van der Waals surface area (Å²) in [4.78, 5) is 31.5. The van der Waals surface area contributed by atoms with Gasteiger partial charge in [0.15, 0.2) is 5.96 Å². The van der Waals surface area contributed by atoms with Crippen molar-refractivity contribution in [1.82, 2.24) is 19.9 Å². The number of aromatic nitrogens is 4. The van der Waals surface area contributed by atoms with Gasteiger partial charge in [-0.3, -0.25) is 14.8 Å². The highest BCUT2D eigenvalue weighted by molar-refractivity contribution is 7.98. The van der Waals surface area contributed by atoms with Gasteiger partial charge in [0, 0.05) is 54.0 Å². The molecule has 0 aromatic carbocycles. The van der Waals surface area contributed by atoms with E-state index >= 15 is 0 Å². The van der Waals surface area contributed by atoms with Crippen molar-refractivity contribution in [2.75, 3.05) is 17.6 Å². The number of thiazole rings is 1. The molecule has 0 aliphatic rings. The summed E-state index contributed by atoms with van der Waals surface area (Å²) in [5.41, 5.74) is 13.0. The van der Waals surface area contributed by atoms with Crippen molar-refractivity contribution in [1.29, 1.82) is 0 Å². The Balaban J connectivity index is 1.42. The molecule has 6 N–H and O–H groups in total. The van der Waals surface area contributed by atoms with E-state index in [0.29, 0.717) is 29.6 Å². The van der Waals surface area contributed by atoms with E-state index in [1.165, 1.54) is 11.3 Å². The molecule has 3 aromatic heterocycles. The summed E-state index contributed by atoms with van der Waals surface area (Å²) in [5, 5.41) is 5.61. The summed E-state index contributed by atoms with van der Waals surface area (Å²) in [6.07, 6.45) is 5.54. The molecule has 0 amide bonds. The average molecular weight is 417 g/mol. The van der Waals surface area contributed by atoms with Gasteiger partial charge in [0.05, 0.1) is 5.69 Å². The van der Waals surface area contributed by atoms with Crippen LogP contribution in [0.1, 0.15) is 16.8 Å². The summed E-state index contributed by atoms with van der Waals surface area (Å²) in [6, 6.07) is 3.77. The van der Waals surface area contributed by atoms with Crippen molar-refractivity contribution >= 4 is 40.1 Å². The number of nitrogens with zero attached hydrogens (tertiary/aromatic N) is 4. The van der Waals surface area contributed by atoms with Crippen LogP contribution in [-0.2, 0) is 12.2 Å². The Bertz CT molecular complexity index is 982. The van der Waals surface area contributed by atoms with Crippen LogP contribution in [0.3, 0.4) is 0 Å². The van der Waals surface area contributed by atoms with Gasteiger partial charge in [0.2, 0.25) is 11.1 Å². The molecule has 0 bridgehead atoms. The first-order chi connectivity index (χ1) is 13.6. The SMILES string of the molecule is NC(N)=Nc1nc(CSCCNc2ncc(Cc3cccnc3)c(=O)[nH]2)cs1. The lowest BCUT2D eigenvalue weighted by Gasteiger charge is -2.06. The second kappa shape index (κ2) is 9.85. The number of rotatable bonds is 9. The highest BCUT2D eigenvalue weighted by atomic mass is 32.2. The van der Waals surface area contributed by atoms with Crippen LogP contribution in [0.2, 0.25) is 0 Å². The van der Waals surface area contributed by atoms with Gasteiger partial charge in [0.25, 0.3) is 5.56 Å². The van der Waals surface area contributed by atoms with Crippen LogP contribution in [0, 0.1) is 0 Å². The molecular formula is C17H20N8OS2. The van der Waals surface area contributed by atoms with Crippen LogP contribution in [-0.4, -0.2) is 38.2 Å². The third-order valence-electron chi connectivity index (χ3n) is 3.54. The van der Waals surface area contributed by atoms with Crippen LogP contribution in [0.15, 0.2) is 45.9 Å². The molecule has 0 spiro atoms. The van der Waals surface area contributed by atoms with Crippen LogP contribution < -0.4 is 22.3 Å². The first-order valence-electron chi connectivity index (χ1n) is 8.43. The molecule has 3 rings (SSSR count). The van der Waals surface area contributed by atoms with Gasteiger partial charge in [-0.05, 0) is 11.6 Å². The smallest absolute Gasteiger partial charge is 0.255 e. The minimum absolute atomic E-state index is 0.00528. The number of anilines is 1. The number of nitrogens with one attached hydrogen (secondary N) is 2. The Morgan fingerprint density at radius 3 is 3.00 bits per heavy atom. The number of H-pyrrole nitrogens is 1. The predicted molar refractivity (Wildman–Crippen MR) is 114 cm³/mol. The zero-order chi connectivity index (χ0) is 19.8. The molecule has 9 nitrogen and oxygen atoms in total. The number of aliphatic imine (C=N–C) groups is 1. The average Bonchev–Trinajstić information content (AvgIpc) is 3.11. The van der Waals surface area contributed by atoms with Crippen molar-refractivity contribution < 1.29 is 0 Å². The Morgan fingerprint density at radius 1 is 1.36 bits per heavy atom. The van der Waals surface area contributed by atoms with Crippen molar-refractivity contribution in [3.63, 3.8) is 0 Å². The molecule has 0 saturated heterocycles. The van der Waals surface area contributed by atoms with E-state index in [2.05, 4.69) is 30.2 Å². The zero-order valence-corrected chi connectivity index (χ0v) is 16.6. The molecule has 0 unspecified atom stereocenters. The Labute approximate surface area is 169 Å². The topological polar surface area (TPSA) is 148 Å². The Kier molecular flexibility index (Phi) is 6.98. The van der Waals surface area contributed by atoms with E-state index in [0.717, 1.165) is 22.8 Å². The molecule has 0 fully saturated rings. The minimum atomic E-state index is -0.149. The molecule has 0 aliphatic carbocycles. The maximum absolute atomic E-state index is 12.2. The first-order valence-corrected chi connectivity index (χ1v) is 10.5. The van der Waals surface area contributed by atoms with Gasteiger partial charge in [-0.1, -0.05) is 6.07 Å². The highest BCUT2D eigenvalue weighted by Gasteiger charge is 2.05. The van der Waals surface area contributed by atoms with E-state index in [4.69, 9.17) is 11.5 Å². The van der Waals surface area contributed by atoms with Crippen molar-refractivity contribution in [2.24, 2.45) is 16.5 Å². The van der Waals surface area contributed by atoms with E-state index in [-0.39, 0.29) is 11.5 Å². The number of thioether (sulfide) groups is 1. The first kappa shape index (κ1) is 19.8. The Hall–Kier alpha value is -2.92. The number of guanidine groups is 1. The van der Waals surface area contributed by atoms with Gasteiger partial charge in [0.1, 0.15) is 0 Å². The van der Waals surface area contributed by atoms with Crippen molar-refractivity contribution in [3.05, 3.63) is 63.3 Å². The summed E-state index contributed by atoms with van der Waals surface area (Å²) in [6.45, 7) is 0.667. The molecule has 3 heterocycles. The van der Waals surface area contributed by atoms with Crippen LogP contribution >= 0.6 is 23.1 Å². The molecule has 0 atom stereocenters. The number of pyridine rings is 1. The fourth-order valence-electron chi connectivity index (χ4n) is 2.30. The highest BCUT2D eigenvalue weighted by Crippen LogP contribution is 2.21. The molecule has 0 saturated carbocycles. The number of aromatic amines is 1. The summed E-state index contributed by atoms with van der Waals surface area (Å²) >= 11 is 3.11. The van der Waals surface area contributed by atoms with Gasteiger partial charge in [-0.2, -0.15) is 16.8 Å². The lowest BCUT2D eigenvalue weighted by molar-refractivity contribution is 1.00. The third-order valence-corrected chi connectivity index (χ3v) is 5.32. The fourth-order valence-corrected chi connectivity index (χ4v) is 3.86. The summed E-state index contributed by atoms with van der Waals surface area (Å²) < 4.78 is 0. The van der Waals surface area contributed by atoms with Gasteiger partial charge >= 0.3 is 0 Å². The van der Waals surface area contributed by atoms with Gasteiger partial charge in [-0.15, -0.1) is 11.3 Å². The molecule has 0 radical (unpaired) electrons. The van der Waals surface area contributed by atoms with Crippen molar-refractivity contribution in [2.45, 2.75) is 12.2 Å². The molecule has 146 valence electrons.